The van der Waals surface area contributed by atoms with E-state index in [0.29, 0.717) is 17.9 Å². The molecule has 0 aromatic heterocycles. The second kappa shape index (κ2) is 9.98. The van der Waals surface area contributed by atoms with Gasteiger partial charge in [-0.15, -0.1) is 0 Å². The van der Waals surface area contributed by atoms with Gasteiger partial charge in [0.2, 0.25) is 0 Å². The maximum absolute atomic E-state index is 13.3. The molecule has 0 spiro atoms. The van der Waals surface area contributed by atoms with Crippen LogP contribution in [0.2, 0.25) is 0 Å². The molecule has 2 amide bonds. The summed E-state index contributed by atoms with van der Waals surface area (Å²) < 4.78 is 6.90. The summed E-state index contributed by atoms with van der Waals surface area (Å²) in [5.74, 6) is -1.97. The van der Waals surface area contributed by atoms with Gasteiger partial charge in [-0.05, 0) is 60.3 Å². The quantitative estimate of drug-likeness (QED) is 0.272. The number of carbonyl (C=O) groups is 3. The van der Waals surface area contributed by atoms with Gasteiger partial charge in [-0.1, -0.05) is 52.3 Å². The standard InChI is InChI=1S/C25H17BrN2O5S/c26-18-10-8-15(9-11-18)14-33-21-7-2-1-4-16(21)13-20-22(29)27-25(34)28(23(20)30)19-6-3-5-17(12-19)24(31)32/h1-13H,14H2,(H,31,32)(H,27,29,34). The number of thiocarbonyl (C=S) groups is 1. The van der Waals surface area contributed by atoms with Crippen LogP contribution in [-0.2, 0) is 16.2 Å². The number of anilines is 1. The number of amides is 2. The van der Waals surface area contributed by atoms with E-state index >= 15 is 0 Å². The molecule has 1 aliphatic heterocycles. The number of para-hydroxylation sites is 1. The normalized spacial score (nSPS) is 14.8. The molecule has 3 aromatic carbocycles. The lowest BCUT2D eigenvalue weighted by atomic mass is 10.1. The maximum atomic E-state index is 13.3. The summed E-state index contributed by atoms with van der Waals surface area (Å²) in [6.45, 7) is 0.297. The van der Waals surface area contributed by atoms with Gasteiger partial charge in [0.15, 0.2) is 5.11 Å². The Bertz CT molecular complexity index is 1340. The topological polar surface area (TPSA) is 95.9 Å². The second-order valence-corrected chi connectivity index (χ2v) is 8.57. The number of hydrogen-bond acceptors (Lipinski definition) is 5. The fourth-order valence-corrected chi connectivity index (χ4v) is 3.84. The first-order chi connectivity index (χ1) is 16.3. The minimum atomic E-state index is -1.14. The van der Waals surface area contributed by atoms with E-state index < -0.39 is 17.8 Å². The van der Waals surface area contributed by atoms with E-state index in [4.69, 9.17) is 17.0 Å². The minimum Gasteiger partial charge on any atom is -0.488 e. The van der Waals surface area contributed by atoms with Crippen LogP contribution in [0.5, 0.6) is 5.75 Å². The first-order valence-corrected chi connectivity index (χ1v) is 11.2. The molecule has 1 aliphatic rings. The number of ether oxygens (including phenoxy) is 1. The summed E-state index contributed by atoms with van der Waals surface area (Å²) in [6.07, 6.45) is 1.43. The summed E-state index contributed by atoms with van der Waals surface area (Å²) >= 11 is 8.59. The number of carboxylic acids is 1. The average Bonchev–Trinajstić information content (AvgIpc) is 2.82. The van der Waals surface area contributed by atoms with Crippen LogP contribution in [0.1, 0.15) is 21.5 Å². The number of hydrogen-bond donors (Lipinski definition) is 2. The van der Waals surface area contributed by atoms with Crippen molar-refractivity contribution in [1.82, 2.24) is 5.32 Å². The predicted molar refractivity (Wildman–Crippen MR) is 135 cm³/mol. The number of nitrogens with one attached hydrogen (secondary N) is 1. The highest BCUT2D eigenvalue weighted by Gasteiger charge is 2.35. The summed E-state index contributed by atoms with van der Waals surface area (Å²) in [5.41, 5.74) is 1.55. The highest BCUT2D eigenvalue weighted by atomic mass is 79.9. The number of carboxylic acid groups (broad SMARTS) is 1. The maximum Gasteiger partial charge on any atom is 0.335 e. The Morgan fingerprint density at radius 1 is 1.06 bits per heavy atom. The zero-order valence-corrected chi connectivity index (χ0v) is 19.9. The Hall–Kier alpha value is -3.82. The first-order valence-electron chi connectivity index (χ1n) is 10.0. The van der Waals surface area contributed by atoms with Gasteiger partial charge in [-0.25, -0.2) is 4.79 Å². The van der Waals surface area contributed by atoms with Crippen molar-refractivity contribution in [3.8, 4) is 5.75 Å². The van der Waals surface area contributed by atoms with Gasteiger partial charge in [0.1, 0.15) is 17.9 Å². The number of benzene rings is 3. The first kappa shape index (κ1) is 23.3. The van der Waals surface area contributed by atoms with Gasteiger partial charge in [0.25, 0.3) is 11.8 Å². The van der Waals surface area contributed by atoms with E-state index in [1.165, 1.54) is 24.3 Å². The van der Waals surface area contributed by atoms with Gasteiger partial charge in [-0.3, -0.25) is 19.8 Å². The summed E-state index contributed by atoms with van der Waals surface area (Å²) in [7, 11) is 0. The SMILES string of the molecule is O=C1NC(=S)N(c2cccc(C(=O)O)c2)C(=O)C1=Cc1ccccc1OCc1ccc(Br)cc1. The van der Waals surface area contributed by atoms with Crippen LogP contribution >= 0.6 is 28.1 Å². The molecule has 0 bridgehead atoms. The summed E-state index contributed by atoms with van der Waals surface area (Å²) in [5, 5.41) is 11.6. The largest absolute Gasteiger partial charge is 0.488 e. The fraction of sp³-hybridized carbons (Fsp3) is 0.0400. The van der Waals surface area contributed by atoms with Crippen molar-refractivity contribution < 1.29 is 24.2 Å². The van der Waals surface area contributed by atoms with Crippen molar-refractivity contribution in [3.05, 3.63) is 99.5 Å². The third kappa shape index (κ3) is 5.05. The second-order valence-electron chi connectivity index (χ2n) is 7.27. The van der Waals surface area contributed by atoms with E-state index in [1.807, 2.05) is 24.3 Å². The number of carbonyl (C=O) groups excluding carboxylic acids is 2. The fourth-order valence-electron chi connectivity index (χ4n) is 3.30. The van der Waals surface area contributed by atoms with Crippen LogP contribution in [0, 0.1) is 0 Å². The van der Waals surface area contributed by atoms with Crippen LogP contribution < -0.4 is 15.0 Å². The van der Waals surface area contributed by atoms with E-state index in [-0.39, 0.29) is 21.9 Å². The molecule has 3 aromatic rings. The molecule has 2 N–H and O–H groups in total. The molecule has 1 saturated heterocycles. The van der Waals surface area contributed by atoms with E-state index in [9.17, 15) is 19.5 Å². The zero-order chi connectivity index (χ0) is 24.2. The molecule has 0 saturated carbocycles. The Morgan fingerprint density at radius 2 is 1.79 bits per heavy atom. The summed E-state index contributed by atoms with van der Waals surface area (Å²) in [4.78, 5) is 38.4. The van der Waals surface area contributed by atoms with Gasteiger partial charge in [-0.2, -0.15) is 0 Å². The van der Waals surface area contributed by atoms with E-state index in [1.54, 1.807) is 30.3 Å². The molecule has 1 fully saturated rings. The van der Waals surface area contributed by atoms with E-state index in [0.717, 1.165) is 14.9 Å². The average molecular weight is 537 g/mol. The van der Waals surface area contributed by atoms with Crippen molar-refractivity contribution >= 4 is 62.8 Å². The molecule has 9 heteroatoms. The molecule has 0 radical (unpaired) electrons. The lowest BCUT2D eigenvalue weighted by Crippen LogP contribution is -2.54. The molecule has 0 unspecified atom stereocenters. The molecule has 34 heavy (non-hydrogen) atoms. The molecular weight excluding hydrogens is 520 g/mol. The Kier molecular flexibility index (Phi) is 6.85. The lowest BCUT2D eigenvalue weighted by molar-refractivity contribution is -0.122. The Morgan fingerprint density at radius 3 is 2.53 bits per heavy atom. The molecule has 0 atom stereocenters. The number of aromatic carboxylic acids is 1. The van der Waals surface area contributed by atoms with Gasteiger partial charge < -0.3 is 9.84 Å². The lowest BCUT2D eigenvalue weighted by Gasteiger charge is -2.29. The van der Waals surface area contributed by atoms with E-state index in [2.05, 4.69) is 21.2 Å². The third-order valence-electron chi connectivity index (χ3n) is 4.98. The van der Waals surface area contributed by atoms with Gasteiger partial charge >= 0.3 is 5.97 Å². The molecule has 1 heterocycles. The number of halogens is 1. The summed E-state index contributed by atoms with van der Waals surface area (Å²) in [6, 6.07) is 20.5. The molecule has 7 nitrogen and oxygen atoms in total. The van der Waals surface area contributed by atoms with Crippen LogP contribution in [-0.4, -0.2) is 28.0 Å². The van der Waals surface area contributed by atoms with Crippen molar-refractivity contribution in [2.75, 3.05) is 4.90 Å². The van der Waals surface area contributed by atoms with Gasteiger partial charge in [0, 0.05) is 10.0 Å². The highest BCUT2D eigenvalue weighted by molar-refractivity contribution is 9.10. The molecule has 4 rings (SSSR count). The molecule has 170 valence electrons. The highest BCUT2D eigenvalue weighted by Crippen LogP contribution is 2.27. The zero-order valence-electron chi connectivity index (χ0n) is 17.5. The molecular formula is C25H17BrN2O5S. The van der Waals surface area contributed by atoms with Crippen LogP contribution in [0.15, 0.2) is 82.8 Å². The minimum absolute atomic E-state index is 0.0118. The third-order valence-corrected chi connectivity index (χ3v) is 5.79. The smallest absolute Gasteiger partial charge is 0.335 e. The number of rotatable bonds is 6. The monoisotopic (exact) mass is 536 g/mol. The van der Waals surface area contributed by atoms with Crippen LogP contribution in [0.25, 0.3) is 6.08 Å². The van der Waals surface area contributed by atoms with Crippen LogP contribution in [0.4, 0.5) is 5.69 Å². The van der Waals surface area contributed by atoms with Crippen molar-refractivity contribution in [3.63, 3.8) is 0 Å². The van der Waals surface area contributed by atoms with Crippen LogP contribution in [0.3, 0.4) is 0 Å². The van der Waals surface area contributed by atoms with Crippen molar-refractivity contribution in [2.45, 2.75) is 6.61 Å². The predicted octanol–water partition coefficient (Wildman–Crippen LogP) is 4.56. The van der Waals surface area contributed by atoms with Crippen molar-refractivity contribution in [2.24, 2.45) is 0 Å². The van der Waals surface area contributed by atoms with Crippen molar-refractivity contribution in [1.29, 1.82) is 0 Å². The Balaban J connectivity index is 1.64. The number of nitrogens with zero attached hydrogens (tertiary/aromatic N) is 1. The molecule has 0 aliphatic carbocycles. The van der Waals surface area contributed by atoms with Gasteiger partial charge in [0.05, 0.1) is 11.3 Å². The Labute approximate surface area is 208 Å².